The molecule has 0 saturated carbocycles. The van der Waals surface area contributed by atoms with Crippen molar-refractivity contribution in [3.8, 4) is 5.75 Å². The molecule has 0 aliphatic carbocycles. The zero-order valence-electron chi connectivity index (χ0n) is 17.9. The van der Waals surface area contributed by atoms with Gasteiger partial charge in [0.05, 0.1) is 23.6 Å². The largest absolute Gasteiger partial charge is 0.494 e. The minimum Gasteiger partial charge on any atom is -0.494 e. The van der Waals surface area contributed by atoms with Gasteiger partial charge in [0, 0.05) is 23.3 Å². The SMILES string of the molecule is CCOc1cccc(NC(=O)CC2C(=O)N(CC)C(=S)N2NC(=O)c2ccc(Cl)cc2Cl)c1. The van der Waals surface area contributed by atoms with Crippen LogP contribution in [0.2, 0.25) is 10.0 Å². The molecule has 1 atom stereocenters. The zero-order chi connectivity index (χ0) is 24.1. The van der Waals surface area contributed by atoms with E-state index in [9.17, 15) is 14.4 Å². The zero-order valence-corrected chi connectivity index (χ0v) is 20.3. The van der Waals surface area contributed by atoms with E-state index in [-0.39, 0.29) is 28.0 Å². The van der Waals surface area contributed by atoms with Crippen molar-refractivity contribution in [3.63, 3.8) is 0 Å². The van der Waals surface area contributed by atoms with Crippen molar-refractivity contribution in [2.45, 2.75) is 26.3 Å². The Morgan fingerprint density at radius 2 is 1.91 bits per heavy atom. The van der Waals surface area contributed by atoms with Gasteiger partial charge in [-0.05, 0) is 56.4 Å². The van der Waals surface area contributed by atoms with Gasteiger partial charge in [-0.1, -0.05) is 29.3 Å². The summed E-state index contributed by atoms with van der Waals surface area (Å²) in [6, 6.07) is 10.3. The highest BCUT2D eigenvalue weighted by atomic mass is 35.5. The van der Waals surface area contributed by atoms with E-state index in [1.54, 1.807) is 31.2 Å². The summed E-state index contributed by atoms with van der Waals surface area (Å²) in [5, 5.41) is 4.59. The first-order valence-electron chi connectivity index (χ1n) is 10.2. The van der Waals surface area contributed by atoms with E-state index in [0.29, 0.717) is 29.6 Å². The number of ether oxygens (including phenoxy) is 1. The molecule has 1 heterocycles. The second-order valence-corrected chi connectivity index (χ2v) is 8.24. The van der Waals surface area contributed by atoms with Crippen molar-refractivity contribution in [3.05, 3.63) is 58.1 Å². The Balaban J connectivity index is 1.77. The molecule has 1 fully saturated rings. The highest BCUT2D eigenvalue weighted by Gasteiger charge is 2.44. The Labute approximate surface area is 206 Å². The Morgan fingerprint density at radius 1 is 1.15 bits per heavy atom. The predicted molar refractivity (Wildman–Crippen MR) is 130 cm³/mol. The van der Waals surface area contributed by atoms with Crippen LogP contribution < -0.4 is 15.5 Å². The normalized spacial score (nSPS) is 15.6. The Kier molecular flexibility index (Phi) is 8.12. The summed E-state index contributed by atoms with van der Waals surface area (Å²) < 4.78 is 5.44. The molecule has 2 N–H and O–H groups in total. The van der Waals surface area contributed by atoms with Crippen molar-refractivity contribution in [1.82, 2.24) is 15.3 Å². The maximum atomic E-state index is 12.9. The van der Waals surface area contributed by atoms with Crippen molar-refractivity contribution in [2.75, 3.05) is 18.5 Å². The topological polar surface area (TPSA) is 91.0 Å². The molecule has 174 valence electrons. The van der Waals surface area contributed by atoms with E-state index in [4.69, 9.17) is 40.2 Å². The highest BCUT2D eigenvalue weighted by Crippen LogP contribution is 2.24. The van der Waals surface area contributed by atoms with Gasteiger partial charge in [0.15, 0.2) is 5.11 Å². The molecule has 0 radical (unpaired) electrons. The molecule has 8 nitrogen and oxygen atoms in total. The number of amides is 3. The van der Waals surface area contributed by atoms with Crippen LogP contribution in [0.15, 0.2) is 42.5 Å². The van der Waals surface area contributed by atoms with Crippen LogP contribution in [0.25, 0.3) is 0 Å². The molecule has 33 heavy (non-hydrogen) atoms. The molecule has 0 aromatic heterocycles. The molecule has 1 unspecified atom stereocenters. The average molecular weight is 509 g/mol. The fourth-order valence-corrected chi connectivity index (χ4v) is 4.19. The Hall–Kier alpha value is -2.88. The smallest absolute Gasteiger partial charge is 0.271 e. The van der Waals surface area contributed by atoms with E-state index >= 15 is 0 Å². The molecule has 3 amide bonds. The number of hydrogen-bond donors (Lipinski definition) is 2. The molecule has 2 aromatic carbocycles. The van der Waals surface area contributed by atoms with Crippen LogP contribution >= 0.6 is 35.4 Å². The van der Waals surface area contributed by atoms with Crippen LogP contribution in [0.4, 0.5) is 5.69 Å². The lowest BCUT2D eigenvalue weighted by Crippen LogP contribution is -2.49. The minimum atomic E-state index is -1.01. The quantitative estimate of drug-likeness (QED) is 0.525. The third-order valence-corrected chi connectivity index (χ3v) is 5.79. The summed E-state index contributed by atoms with van der Waals surface area (Å²) >= 11 is 17.4. The summed E-state index contributed by atoms with van der Waals surface area (Å²) in [5.41, 5.74) is 3.29. The van der Waals surface area contributed by atoms with Gasteiger partial charge in [-0.15, -0.1) is 0 Å². The fourth-order valence-electron chi connectivity index (χ4n) is 3.30. The number of carbonyl (C=O) groups is 3. The van der Waals surface area contributed by atoms with Crippen molar-refractivity contribution >= 4 is 63.9 Å². The standard InChI is InChI=1S/C22H22Cl2N4O4S/c1-3-27-21(31)18(12-19(29)25-14-6-5-7-15(11-14)32-4-2)28(22(27)33)26-20(30)16-9-8-13(23)10-17(16)24/h5-11,18H,3-4,12H2,1-2H3,(H,25,29)(H,26,30). The first-order chi connectivity index (χ1) is 15.7. The second kappa shape index (κ2) is 10.8. The lowest BCUT2D eigenvalue weighted by Gasteiger charge is -2.24. The van der Waals surface area contributed by atoms with E-state index in [1.807, 2.05) is 6.92 Å². The van der Waals surface area contributed by atoms with Gasteiger partial charge in [-0.25, -0.2) is 5.01 Å². The molecule has 1 saturated heterocycles. The number of anilines is 1. The van der Waals surface area contributed by atoms with Gasteiger partial charge in [-0.3, -0.25) is 24.7 Å². The summed E-state index contributed by atoms with van der Waals surface area (Å²) in [6.07, 6.45) is -0.233. The summed E-state index contributed by atoms with van der Waals surface area (Å²) in [6.45, 7) is 4.40. The fraction of sp³-hybridized carbons (Fsp3) is 0.273. The number of hydrazine groups is 1. The maximum absolute atomic E-state index is 12.9. The molecule has 3 rings (SSSR count). The third-order valence-electron chi connectivity index (χ3n) is 4.82. The number of halogens is 2. The summed E-state index contributed by atoms with van der Waals surface area (Å²) in [5.74, 6) is -0.784. The van der Waals surface area contributed by atoms with Gasteiger partial charge < -0.3 is 10.1 Å². The van der Waals surface area contributed by atoms with Crippen molar-refractivity contribution in [1.29, 1.82) is 0 Å². The monoisotopic (exact) mass is 508 g/mol. The van der Waals surface area contributed by atoms with Gasteiger partial charge in [0.1, 0.15) is 11.8 Å². The number of rotatable bonds is 8. The van der Waals surface area contributed by atoms with Gasteiger partial charge in [-0.2, -0.15) is 0 Å². The number of nitrogens with one attached hydrogen (secondary N) is 2. The molecule has 0 bridgehead atoms. The molecule has 2 aromatic rings. The Morgan fingerprint density at radius 3 is 2.58 bits per heavy atom. The second-order valence-electron chi connectivity index (χ2n) is 7.03. The van der Waals surface area contributed by atoms with Crippen LogP contribution in [0.1, 0.15) is 30.6 Å². The number of thiocarbonyl (C=S) groups is 1. The lowest BCUT2D eigenvalue weighted by atomic mass is 10.1. The molecular weight excluding hydrogens is 487 g/mol. The molecule has 11 heteroatoms. The van der Waals surface area contributed by atoms with Crippen LogP contribution in [0.3, 0.4) is 0 Å². The van der Waals surface area contributed by atoms with Crippen LogP contribution in [-0.4, -0.2) is 51.9 Å². The van der Waals surface area contributed by atoms with E-state index in [1.165, 1.54) is 28.1 Å². The molecule has 0 spiro atoms. The predicted octanol–water partition coefficient (Wildman–Crippen LogP) is 3.88. The van der Waals surface area contributed by atoms with Crippen molar-refractivity contribution < 1.29 is 19.1 Å². The molecular formula is C22H22Cl2N4O4S. The molecule has 1 aliphatic rings. The summed E-state index contributed by atoms with van der Waals surface area (Å²) in [7, 11) is 0. The number of hydrogen-bond acceptors (Lipinski definition) is 5. The number of nitrogens with zero attached hydrogens (tertiary/aromatic N) is 2. The van der Waals surface area contributed by atoms with Crippen molar-refractivity contribution in [2.24, 2.45) is 0 Å². The van der Waals surface area contributed by atoms with E-state index in [0.717, 1.165) is 0 Å². The van der Waals surface area contributed by atoms with Gasteiger partial charge >= 0.3 is 0 Å². The van der Waals surface area contributed by atoms with Gasteiger partial charge in [0.2, 0.25) is 5.91 Å². The third kappa shape index (κ3) is 5.73. The number of benzene rings is 2. The van der Waals surface area contributed by atoms with Crippen LogP contribution in [0, 0.1) is 0 Å². The van der Waals surface area contributed by atoms with Crippen LogP contribution in [-0.2, 0) is 9.59 Å². The Bertz CT molecular complexity index is 1100. The average Bonchev–Trinajstić information content (AvgIpc) is 2.97. The lowest BCUT2D eigenvalue weighted by molar-refractivity contribution is -0.130. The minimum absolute atomic E-state index is 0.0945. The first-order valence-corrected chi connectivity index (χ1v) is 11.3. The first kappa shape index (κ1) is 24.8. The summed E-state index contributed by atoms with van der Waals surface area (Å²) in [4.78, 5) is 39.8. The number of likely N-dealkylation sites (N-methyl/N-ethyl adjacent to an activating group) is 1. The van der Waals surface area contributed by atoms with Crippen LogP contribution in [0.5, 0.6) is 5.75 Å². The molecule has 1 aliphatic heterocycles. The highest BCUT2D eigenvalue weighted by molar-refractivity contribution is 7.80. The van der Waals surface area contributed by atoms with Gasteiger partial charge in [0.25, 0.3) is 11.8 Å². The van der Waals surface area contributed by atoms with E-state index in [2.05, 4.69) is 10.7 Å². The number of carbonyl (C=O) groups excluding carboxylic acids is 3. The van der Waals surface area contributed by atoms with E-state index < -0.39 is 17.9 Å². The maximum Gasteiger partial charge on any atom is 0.271 e.